The number of hydrogen-bond donors (Lipinski definition) is 1. The van der Waals surface area contributed by atoms with Crippen LogP contribution in [0.3, 0.4) is 0 Å². The molecule has 1 fully saturated rings. The van der Waals surface area contributed by atoms with Gasteiger partial charge in [0.1, 0.15) is 11.5 Å². The molecule has 2 aromatic carbocycles. The highest BCUT2D eigenvalue weighted by atomic mass is 32.2. The van der Waals surface area contributed by atoms with Gasteiger partial charge >= 0.3 is 0 Å². The Balaban J connectivity index is 1.63. The molecule has 0 saturated heterocycles. The van der Waals surface area contributed by atoms with E-state index in [2.05, 4.69) is 4.98 Å². The maximum absolute atomic E-state index is 13.7. The zero-order valence-electron chi connectivity index (χ0n) is 19.6. The minimum atomic E-state index is -3.79. The lowest BCUT2D eigenvalue weighted by molar-refractivity contribution is 0.101. The maximum Gasteiger partial charge on any atom is 0.238 e. The van der Waals surface area contributed by atoms with E-state index in [-0.39, 0.29) is 16.5 Å². The van der Waals surface area contributed by atoms with E-state index in [9.17, 15) is 17.6 Å². The number of sulfonamides is 1. The molecule has 2 N–H and O–H groups in total. The Morgan fingerprint density at radius 3 is 2.42 bits per heavy atom. The van der Waals surface area contributed by atoms with E-state index in [4.69, 9.17) is 10.2 Å². The molecule has 1 aliphatic rings. The topological polar surface area (TPSA) is 108 Å². The van der Waals surface area contributed by atoms with Crippen LogP contribution in [0.4, 0.5) is 4.39 Å². The number of nitrogens with two attached hydrogens (primary N) is 1. The molecule has 0 bridgehead atoms. The van der Waals surface area contributed by atoms with Crippen LogP contribution in [-0.2, 0) is 22.9 Å². The van der Waals surface area contributed by atoms with Gasteiger partial charge in [-0.15, -0.1) is 11.3 Å². The van der Waals surface area contributed by atoms with Crippen LogP contribution >= 0.6 is 11.3 Å². The summed E-state index contributed by atoms with van der Waals surface area (Å²) in [6, 6.07) is 12.7. The lowest BCUT2D eigenvalue weighted by Crippen LogP contribution is -2.12. The highest BCUT2D eigenvalue weighted by Gasteiger charge is 2.26. The lowest BCUT2D eigenvalue weighted by atomic mass is 9.97. The van der Waals surface area contributed by atoms with Crippen molar-refractivity contribution in [2.45, 2.75) is 43.9 Å². The fourth-order valence-corrected chi connectivity index (χ4v) is 5.55. The van der Waals surface area contributed by atoms with Crippen LogP contribution in [0.25, 0.3) is 16.4 Å². The van der Waals surface area contributed by atoms with Gasteiger partial charge in [-0.3, -0.25) is 4.79 Å². The second kappa shape index (κ2) is 9.68. The van der Waals surface area contributed by atoms with Crippen LogP contribution in [0.1, 0.15) is 53.5 Å². The molecule has 36 heavy (non-hydrogen) atoms. The maximum atomic E-state index is 13.7. The summed E-state index contributed by atoms with van der Waals surface area (Å²) in [5.74, 6) is 0.241. The molecule has 1 aliphatic carbocycles. The summed E-state index contributed by atoms with van der Waals surface area (Å²) in [7, 11) is -3.79. The van der Waals surface area contributed by atoms with Crippen LogP contribution in [0.2, 0.25) is 0 Å². The molecule has 0 atom stereocenters. The molecule has 0 aliphatic heterocycles. The molecule has 0 spiro atoms. The Kier molecular flexibility index (Phi) is 6.59. The van der Waals surface area contributed by atoms with Crippen molar-refractivity contribution in [3.63, 3.8) is 0 Å². The summed E-state index contributed by atoms with van der Waals surface area (Å²) in [6.45, 7) is 1.48. The number of carbonyl (C=O) groups is 1. The Labute approximate surface area is 212 Å². The fraction of sp³-hybridized carbons (Fsp3) is 0.269. The van der Waals surface area contributed by atoms with Crippen molar-refractivity contribution in [3.05, 3.63) is 82.2 Å². The zero-order chi connectivity index (χ0) is 25.4. The van der Waals surface area contributed by atoms with Crippen molar-refractivity contribution in [3.8, 4) is 16.4 Å². The number of carbonyl (C=O) groups excluding carboxylic acids is 1. The Morgan fingerprint density at radius 1 is 1.14 bits per heavy atom. The van der Waals surface area contributed by atoms with Gasteiger partial charge in [-0.25, -0.2) is 27.6 Å². The van der Waals surface area contributed by atoms with E-state index >= 15 is 0 Å². The quantitative estimate of drug-likeness (QED) is 0.313. The molecule has 7 nitrogen and oxygen atoms in total. The smallest absolute Gasteiger partial charge is 0.238 e. The van der Waals surface area contributed by atoms with E-state index < -0.39 is 10.0 Å². The molecule has 2 aromatic heterocycles. The summed E-state index contributed by atoms with van der Waals surface area (Å²) >= 11 is 1.35. The van der Waals surface area contributed by atoms with Gasteiger partial charge in [0.2, 0.25) is 15.2 Å². The number of thiazole rings is 1. The van der Waals surface area contributed by atoms with E-state index in [1.165, 1.54) is 55.4 Å². The minimum Gasteiger partial charge on any atom is -0.293 e. The number of halogens is 1. The number of benzene rings is 2. The monoisotopic (exact) mass is 524 g/mol. The number of Topliss-reactive ketones (excluding diaryl/α,β-unsaturated/α-hetero) is 1. The molecule has 186 valence electrons. The van der Waals surface area contributed by atoms with Crippen LogP contribution in [-0.4, -0.2) is 29.0 Å². The molecular weight excluding hydrogens is 499 g/mol. The molecule has 2 heterocycles. The van der Waals surface area contributed by atoms with Gasteiger partial charge in [-0.2, -0.15) is 5.10 Å². The largest absolute Gasteiger partial charge is 0.293 e. The van der Waals surface area contributed by atoms with Gasteiger partial charge in [0.15, 0.2) is 5.78 Å². The van der Waals surface area contributed by atoms with E-state index in [0.717, 1.165) is 35.2 Å². The van der Waals surface area contributed by atoms with Gasteiger partial charge in [0.25, 0.3) is 0 Å². The summed E-state index contributed by atoms with van der Waals surface area (Å²) in [5, 5.41) is 12.5. The second-order valence-corrected chi connectivity index (χ2v) is 11.5. The third-order valence-corrected chi connectivity index (χ3v) is 8.11. The summed E-state index contributed by atoms with van der Waals surface area (Å²) in [6.07, 6.45) is 4.71. The molecule has 4 aromatic rings. The van der Waals surface area contributed by atoms with E-state index in [0.29, 0.717) is 28.9 Å². The van der Waals surface area contributed by atoms with Crippen molar-refractivity contribution < 1.29 is 17.6 Å². The van der Waals surface area contributed by atoms with Gasteiger partial charge in [-0.05, 0) is 60.7 Å². The van der Waals surface area contributed by atoms with Gasteiger partial charge in [0.05, 0.1) is 16.3 Å². The standard InChI is InChI=1S/C26H25FN4O3S2/c1-16(32)23-15-35-26(29-23)31-24(13-6-17-2-3-17)22(25(30-31)19-7-9-20(27)10-8-19)14-18-4-11-21(12-5-18)36(28,33)34/h4-5,7-12,15,17H,2-3,6,13-14H2,1H3,(H2,28,33,34). The lowest BCUT2D eigenvalue weighted by Gasteiger charge is -2.09. The molecule has 0 radical (unpaired) electrons. The van der Waals surface area contributed by atoms with Crippen LogP contribution in [0, 0.1) is 11.7 Å². The van der Waals surface area contributed by atoms with Crippen molar-refractivity contribution in [2.75, 3.05) is 0 Å². The number of hydrogen-bond acceptors (Lipinski definition) is 6. The Morgan fingerprint density at radius 2 is 1.83 bits per heavy atom. The van der Waals surface area contributed by atoms with Gasteiger partial charge in [0, 0.05) is 29.9 Å². The first-order valence-electron chi connectivity index (χ1n) is 11.6. The normalized spacial score (nSPS) is 13.8. The minimum absolute atomic E-state index is 0.0502. The first kappa shape index (κ1) is 24.5. The number of primary sulfonamides is 1. The first-order chi connectivity index (χ1) is 17.2. The van der Waals surface area contributed by atoms with Crippen molar-refractivity contribution >= 4 is 27.1 Å². The Hall–Kier alpha value is -3.21. The summed E-state index contributed by atoms with van der Waals surface area (Å²) in [5.41, 5.74) is 4.70. The number of rotatable bonds is 9. The number of ketones is 1. The Bertz CT molecular complexity index is 1520. The third-order valence-electron chi connectivity index (χ3n) is 6.36. The van der Waals surface area contributed by atoms with Crippen LogP contribution < -0.4 is 5.14 Å². The average molecular weight is 525 g/mol. The van der Waals surface area contributed by atoms with E-state index in [1.54, 1.807) is 29.6 Å². The molecule has 0 amide bonds. The number of aromatic nitrogens is 3. The summed E-state index contributed by atoms with van der Waals surface area (Å²) < 4.78 is 38.9. The third kappa shape index (κ3) is 5.30. The predicted octanol–water partition coefficient (Wildman–Crippen LogP) is 4.92. The molecule has 1 saturated carbocycles. The fourth-order valence-electron chi connectivity index (χ4n) is 4.20. The van der Waals surface area contributed by atoms with Crippen molar-refractivity contribution in [1.29, 1.82) is 0 Å². The van der Waals surface area contributed by atoms with Crippen LogP contribution in [0.15, 0.2) is 58.8 Å². The summed E-state index contributed by atoms with van der Waals surface area (Å²) in [4.78, 5) is 16.5. The SMILES string of the molecule is CC(=O)c1csc(-n2nc(-c3ccc(F)cc3)c(Cc3ccc(S(N)(=O)=O)cc3)c2CCC2CC2)n1. The number of nitrogens with zero attached hydrogens (tertiary/aromatic N) is 3. The highest BCUT2D eigenvalue weighted by molar-refractivity contribution is 7.89. The first-order valence-corrected chi connectivity index (χ1v) is 14.1. The molecule has 0 unspecified atom stereocenters. The predicted molar refractivity (Wildman–Crippen MR) is 136 cm³/mol. The zero-order valence-corrected chi connectivity index (χ0v) is 21.3. The van der Waals surface area contributed by atoms with Crippen LogP contribution in [0.5, 0.6) is 0 Å². The van der Waals surface area contributed by atoms with Crippen molar-refractivity contribution in [2.24, 2.45) is 11.1 Å². The van der Waals surface area contributed by atoms with E-state index in [1.807, 2.05) is 4.68 Å². The van der Waals surface area contributed by atoms with Crippen molar-refractivity contribution in [1.82, 2.24) is 14.8 Å². The second-order valence-electron chi connectivity index (χ2n) is 9.11. The molecule has 10 heteroatoms. The molecule has 5 rings (SSSR count). The van der Waals surface area contributed by atoms with Gasteiger partial charge in [-0.1, -0.05) is 25.0 Å². The average Bonchev–Trinajstić information content (AvgIpc) is 3.41. The van der Waals surface area contributed by atoms with Gasteiger partial charge < -0.3 is 0 Å². The molecular formula is C26H25FN4O3S2. The highest BCUT2D eigenvalue weighted by Crippen LogP contribution is 2.37.